The van der Waals surface area contributed by atoms with Crippen molar-refractivity contribution >= 4 is 17.2 Å². The van der Waals surface area contributed by atoms with Crippen molar-refractivity contribution in [3.63, 3.8) is 0 Å². The number of allylic oxidation sites excluding steroid dienone is 2. The van der Waals surface area contributed by atoms with Crippen LogP contribution in [0.5, 0.6) is 0 Å². The smallest absolute Gasteiger partial charge is 0.260 e. The van der Waals surface area contributed by atoms with Crippen molar-refractivity contribution in [3.8, 4) is 18.2 Å². The molecule has 1 atom stereocenters. The van der Waals surface area contributed by atoms with Gasteiger partial charge in [-0.25, -0.2) is 0 Å². The summed E-state index contributed by atoms with van der Waals surface area (Å²) in [6, 6.07) is 11.7. The first-order valence-corrected chi connectivity index (χ1v) is 11.3. The third-order valence-corrected chi connectivity index (χ3v) is 6.51. The van der Waals surface area contributed by atoms with Gasteiger partial charge in [0.25, 0.3) is 5.91 Å². The molecule has 0 aliphatic carbocycles. The number of anilines is 1. The molecule has 33 heavy (non-hydrogen) atoms. The van der Waals surface area contributed by atoms with E-state index in [1.807, 2.05) is 30.3 Å². The Labute approximate surface area is 196 Å². The van der Waals surface area contributed by atoms with E-state index in [0.717, 1.165) is 37.1 Å². The van der Waals surface area contributed by atoms with Gasteiger partial charge in [0.2, 0.25) is 0 Å². The molecule has 1 amide bonds. The van der Waals surface area contributed by atoms with Gasteiger partial charge in [-0.1, -0.05) is 32.4 Å². The minimum atomic E-state index is -0.393. The summed E-state index contributed by atoms with van der Waals surface area (Å²) >= 11 is 0. The van der Waals surface area contributed by atoms with E-state index in [9.17, 15) is 20.6 Å². The van der Waals surface area contributed by atoms with Gasteiger partial charge in [-0.2, -0.15) is 15.8 Å². The number of amides is 1. The van der Waals surface area contributed by atoms with Crippen molar-refractivity contribution in [1.82, 2.24) is 4.90 Å². The standard InChI is InChI=1S/C27H29N5O/c1-6-8-12-32-23-10-9-19(13-21(23)18(3)14-27(32,4)5)24-22(17-30)25(20(15-28)16-29)31(11-7-2)26(24)33/h7,9-10,13,18H,2,6,8,11-12,14H2,1,3-5H3. The molecule has 0 bridgehead atoms. The Kier molecular flexibility index (Phi) is 6.75. The highest BCUT2D eigenvalue weighted by Crippen LogP contribution is 2.45. The molecule has 168 valence electrons. The van der Waals surface area contributed by atoms with E-state index >= 15 is 0 Å². The summed E-state index contributed by atoms with van der Waals surface area (Å²) in [5, 5.41) is 28.8. The van der Waals surface area contributed by atoms with Crippen LogP contribution in [0.4, 0.5) is 5.69 Å². The Hall–Kier alpha value is -3.82. The molecule has 6 heteroatoms. The zero-order valence-electron chi connectivity index (χ0n) is 19.8. The first kappa shape index (κ1) is 23.8. The summed E-state index contributed by atoms with van der Waals surface area (Å²) < 4.78 is 0. The average molecular weight is 440 g/mol. The van der Waals surface area contributed by atoms with Crippen molar-refractivity contribution in [2.75, 3.05) is 18.0 Å². The lowest BCUT2D eigenvalue weighted by Crippen LogP contribution is -2.48. The third kappa shape index (κ3) is 4.04. The zero-order valence-corrected chi connectivity index (χ0v) is 19.8. The predicted octanol–water partition coefficient (Wildman–Crippen LogP) is 5.19. The van der Waals surface area contributed by atoms with Crippen LogP contribution in [0.1, 0.15) is 64.0 Å². The van der Waals surface area contributed by atoms with Gasteiger partial charge in [-0.15, -0.1) is 6.58 Å². The van der Waals surface area contributed by atoms with Crippen LogP contribution in [0.2, 0.25) is 0 Å². The molecule has 0 spiro atoms. The second-order valence-electron chi connectivity index (χ2n) is 9.21. The molecule has 3 rings (SSSR count). The number of fused-ring (bicyclic) bond motifs is 1. The maximum atomic E-state index is 13.4. The number of nitriles is 3. The molecule has 0 saturated heterocycles. The predicted molar refractivity (Wildman–Crippen MR) is 129 cm³/mol. The van der Waals surface area contributed by atoms with Crippen LogP contribution in [0.25, 0.3) is 5.57 Å². The number of carbonyl (C=O) groups is 1. The van der Waals surface area contributed by atoms with E-state index < -0.39 is 5.91 Å². The quantitative estimate of drug-likeness (QED) is 0.449. The Balaban J connectivity index is 2.21. The highest BCUT2D eigenvalue weighted by atomic mass is 16.2. The third-order valence-electron chi connectivity index (χ3n) is 6.51. The Morgan fingerprint density at radius 1 is 1.27 bits per heavy atom. The SMILES string of the molecule is C=CCN1C(=O)C(c2ccc3c(c2)C(C)CC(C)(C)N3CCCC)=C(C#N)C1=C(C#N)C#N. The van der Waals surface area contributed by atoms with Gasteiger partial charge < -0.3 is 9.80 Å². The fraction of sp³-hybridized carbons (Fsp3) is 0.407. The van der Waals surface area contributed by atoms with E-state index in [1.54, 1.807) is 0 Å². The molecule has 0 fully saturated rings. The normalized spacial score (nSPS) is 19.0. The van der Waals surface area contributed by atoms with Gasteiger partial charge in [0.05, 0.1) is 16.8 Å². The van der Waals surface area contributed by atoms with Crippen LogP contribution in [-0.2, 0) is 4.79 Å². The van der Waals surface area contributed by atoms with E-state index in [4.69, 9.17) is 0 Å². The maximum absolute atomic E-state index is 13.4. The number of nitrogens with zero attached hydrogens (tertiary/aromatic N) is 5. The molecule has 2 aliphatic rings. The van der Waals surface area contributed by atoms with Crippen LogP contribution < -0.4 is 4.90 Å². The zero-order chi connectivity index (χ0) is 24.3. The molecule has 1 aromatic rings. The molecule has 0 radical (unpaired) electrons. The van der Waals surface area contributed by atoms with E-state index in [1.165, 1.54) is 11.0 Å². The second-order valence-corrected chi connectivity index (χ2v) is 9.21. The van der Waals surface area contributed by atoms with Gasteiger partial charge in [0, 0.05) is 24.3 Å². The van der Waals surface area contributed by atoms with Crippen molar-refractivity contribution in [3.05, 3.63) is 58.8 Å². The topological polar surface area (TPSA) is 94.9 Å². The monoisotopic (exact) mass is 439 g/mol. The first-order valence-electron chi connectivity index (χ1n) is 11.3. The van der Waals surface area contributed by atoms with Crippen LogP contribution in [0.15, 0.2) is 47.7 Å². The Morgan fingerprint density at radius 3 is 2.55 bits per heavy atom. The average Bonchev–Trinajstić information content (AvgIpc) is 3.05. The highest BCUT2D eigenvalue weighted by molar-refractivity contribution is 6.26. The van der Waals surface area contributed by atoms with Gasteiger partial charge in [0.15, 0.2) is 5.57 Å². The van der Waals surface area contributed by atoms with Crippen LogP contribution >= 0.6 is 0 Å². The number of hydrogen-bond donors (Lipinski definition) is 0. The van der Waals surface area contributed by atoms with Gasteiger partial charge in [-0.05, 0) is 55.9 Å². The molecule has 2 aliphatic heterocycles. The van der Waals surface area contributed by atoms with Gasteiger partial charge in [-0.3, -0.25) is 4.79 Å². The Morgan fingerprint density at radius 2 is 1.97 bits per heavy atom. The number of benzene rings is 1. The van der Waals surface area contributed by atoms with E-state index in [-0.39, 0.29) is 40.4 Å². The number of carbonyl (C=O) groups excluding carboxylic acids is 1. The van der Waals surface area contributed by atoms with Crippen molar-refractivity contribution in [2.24, 2.45) is 0 Å². The lowest BCUT2D eigenvalue weighted by molar-refractivity contribution is -0.122. The van der Waals surface area contributed by atoms with Crippen molar-refractivity contribution in [2.45, 2.75) is 58.4 Å². The summed E-state index contributed by atoms with van der Waals surface area (Å²) in [4.78, 5) is 17.1. The lowest BCUT2D eigenvalue weighted by atomic mass is 9.79. The molecule has 1 unspecified atom stereocenters. The van der Waals surface area contributed by atoms with Crippen molar-refractivity contribution in [1.29, 1.82) is 15.8 Å². The van der Waals surface area contributed by atoms with Gasteiger partial charge >= 0.3 is 0 Å². The molecule has 2 heterocycles. The van der Waals surface area contributed by atoms with Crippen LogP contribution in [0, 0.1) is 34.0 Å². The summed E-state index contributed by atoms with van der Waals surface area (Å²) in [7, 11) is 0. The fourth-order valence-electron chi connectivity index (χ4n) is 5.05. The van der Waals surface area contributed by atoms with Crippen molar-refractivity contribution < 1.29 is 4.79 Å². The molecule has 6 nitrogen and oxygen atoms in total. The van der Waals surface area contributed by atoms with E-state index in [2.05, 4.69) is 45.2 Å². The van der Waals surface area contributed by atoms with Gasteiger partial charge in [0.1, 0.15) is 18.2 Å². The molecule has 1 aromatic carbocycles. The summed E-state index contributed by atoms with van der Waals surface area (Å²) in [5.74, 6) is -0.112. The van der Waals surface area contributed by atoms with Crippen LogP contribution in [-0.4, -0.2) is 29.4 Å². The number of unbranched alkanes of at least 4 members (excludes halogenated alkanes) is 1. The number of rotatable bonds is 6. The van der Waals surface area contributed by atoms with E-state index in [0.29, 0.717) is 5.56 Å². The maximum Gasteiger partial charge on any atom is 0.260 e. The summed E-state index contributed by atoms with van der Waals surface area (Å²) in [6.45, 7) is 13.7. The first-order chi connectivity index (χ1) is 15.7. The molecule has 0 aromatic heterocycles. The minimum absolute atomic E-state index is 0.0223. The molecular formula is C27H29N5O. The Bertz CT molecular complexity index is 1170. The largest absolute Gasteiger partial charge is 0.366 e. The summed E-state index contributed by atoms with van der Waals surface area (Å²) in [6.07, 6.45) is 4.70. The lowest BCUT2D eigenvalue weighted by Gasteiger charge is -2.48. The minimum Gasteiger partial charge on any atom is -0.366 e. The fourth-order valence-corrected chi connectivity index (χ4v) is 5.05. The molecule has 0 N–H and O–H groups in total. The molecule has 0 saturated carbocycles. The highest BCUT2D eigenvalue weighted by Gasteiger charge is 2.40. The van der Waals surface area contributed by atoms with Crippen LogP contribution in [0.3, 0.4) is 0 Å². The summed E-state index contributed by atoms with van der Waals surface area (Å²) in [5.41, 5.74) is 3.08. The second kappa shape index (κ2) is 9.35. The number of hydrogen-bond acceptors (Lipinski definition) is 5. The molecular weight excluding hydrogens is 410 g/mol.